The van der Waals surface area contributed by atoms with E-state index in [9.17, 15) is 13.2 Å². The van der Waals surface area contributed by atoms with Crippen LogP contribution in [0.4, 0.5) is 0 Å². The minimum atomic E-state index is -3.98. The summed E-state index contributed by atoms with van der Waals surface area (Å²) in [5, 5.41) is 3.05. The largest absolute Gasteiger partial charge is 0.495 e. The third kappa shape index (κ3) is 6.29. The zero-order valence-electron chi connectivity index (χ0n) is 18.3. The number of nitrogens with zero attached hydrogens (tertiary/aromatic N) is 1. The number of aryl methyl sites for hydroxylation is 1. The number of piperidine rings is 1. The number of likely N-dealkylation sites (tertiary alicyclic amines) is 1. The molecule has 168 valence electrons. The van der Waals surface area contributed by atoms with E-state index in [0.717, 1.165) is 37.1 Å². The van der Waals surface area contributed by atoms with Crippen LogP contribution in [0.25, 0.3) is 0 Å². The molecule has 2 aromatic rings. The molecular formula is C23H31N3O4S. The molecule has 1 aliphatic heterocycles. The number of ether oxygens (including phenoxy) is 1. The first-order valence-corrected chi connectivity index (χ1v) is 12.0. The summed E-state index contributed by atoms with van der Waals surface area (Å²) in [4.78, 5) is 15.4. The van der Waals surface area contributed by atoms with Crippen molar-refractivity contribution in [3.05, 3.63) is 59.7 Å². The standard InChI is InChI=1S/C23H31N3O4S/c1-17-9-10-21(30-3)22(15-17)31(28,29)25-20(16-18-7-5-4-6-8-18)23(27)24-19-11-13-26(2)14-12-19/h4-10,15,19-20,25H,11-14,16H2,1-3H3,(H,24,27)/t20-/m1/s1. The second-order valence-corrected chi connectivity index (χ2v) is 9.79. The molecule has 1 aliphatic rings. The number of hydrogen-bond donors (Lipinski definition) is 2. The minimum Gasteiger partial charge on any atom is -0.495 e. The van der Waals surface area contributed by atoms with Crippen molar-refractivity contribution >= 4 is 15.9 Å². The lowest BCUT2D eigenvalue weighted by Gasteiger charge is -2.30. The second kappa shape index (κ2) is 10.3. The second-order valence-electron chi connectivity index (χ2n) is 8.10. The maximum absolute atomic E-state index is 13.2. The maximum atomic E-state index is 13.2. The van der Waals surface area contributed by atoms with Crippen LogP contribution in [-0.2, 0) is 21.2 Å². The van der Waals surface area contributed by atoms with E-state index in [1.54, 1.807) is 18.2 Å². The highest BCUT2D eigenvalue weighted by atomic mass is 32.2. The summed E-state index contributed by atoms with van der Waals surface area (Å²) in [6.45, 7) is 3.62. The van der Waals surface area contributed by atoms with Crippen molar-refractivity contribution in [1.82, 2.24) is 14.9 Å². The molecule has 31 heavy (non-hydrogen) atoms. The average Bonchev–Trinajstić information content (AvgIpc) is 2.75. The van der Waals surface area contributed by atoms with Gasteiger partial charge in [-0.2, -0.15) is 4.72 Å². The summed E-state index contributed by atoms with van der Waals surface area (Å²) in [7, 11) is -0.500. The van der Waals surface area contributed by atoms with Crippen LogP contribution in [0.3, 0.4) is 0 Å². The highest BCUT2D eigenvalue weighted by Gasteiger charge is 2.30. The zero-order chi connectivity index (χ0) is 22.4. The Morgan fingerprint density at radius 3 is 2.48 bits per heavy atom. The fourth-order valence-electron chi connectivity index (χ4n) is 3.74. The van der Waals surface area contributed by atoms with E-state index < -0.39 is 16.1 Å². The van der Waals surface area contributed by atoms with Gasteiger partial charge in [-0.3, -0.25) is 4.79 Å². The number of nitrogens with one attached hydrogen (secondary N) is 2. The molecule has 8 heteroatoms. The molecule has 1 saturated heterocycles. The average molecular weight is 446 g/mol. The van der Waals surface area contributed by atoms with Gasteiger partial charge in [-0.05, 0) is 69.6 Å². The Bertz CT molecular complexity index is 987. The Hall–Kier alpha value is -2.42. The van der Waals surface area contributed by atoms with Crippen molar-refractivity contribution in [2.45, 2.75) is 43.2 Å². The van der Waals surface area contributed by atoms with Crippen LogP contribution in [0.5, 0.6) is 5.75 Å². The van der Waals surface area contributed by atoms with Crippen LogP contribution in [0.15, 0.2) is 53.4 Å². The van der Waals surface area contributed by atoms with Gasteiger partial charge in [0, 0.05) is 6.04 Å². The van der Waals surface area contributed by atoms with E-state index in [4.69, 9.17) is 4.74 Å². The molecule has 2 aromatic carbocycles. The number of sulfonamides is 1. The van der Waals surface area contributed by atoms with Gasteiger partial charge in [0.2, 0.25) is 15.9 Å². The molecular weight excluding hydrogens is 414 g/mol. The first kappa shape index (κ1) is 23.2. The number of benzene rings is 2. The summed E-state index contributed by atoms with van der Waals surface area (Å²) < 4.78 is 34.3. The SMILES string of the molecule is COc1ccc(C)cc1S(=O)(=O)N[C@H](Cc1ccccc1)C(=O)NC1CCN(C)CC1. The van der Waals surface area contributed by atoms with Crippen molar-refractivity contribution in [3.8, 4) is 5.75 Å². The molecule has 0 aliphatic carbocycles. The Kier molecular flexibility index (Phi) is 7.69. The number of amides is 1. The van der Waals surface area contributed by atoms with Crippen LogP contribution in [-0.4, -0.2) is 58.6 Å². The first-order chi connectivity index (χ1) is 14.8. The van der Waals surface area contributed by atoms with E-state index in [1.807, 2.05) is 37.3 Å². The lowest BCUT2D eigenvalue weighted by atomic mass is 10.0. The minimum absolute atomic E-state index is 0.0279. The van der Waals surface area contributed by atoms with Crippen LogP contribution < -0.4 is 14.8 Å². The molecule has 0 saturated carbocycles. The molecule has 2 N–H and O–H groups in total. The maximum Gasteiger partial charge on any atom is 0.244 e. The van der Waals surface area contributed by atoms with Crippen molar-refractivity contribution in [1.29, 1.82) is 0 Å². The van der Waals surface area contributed by atoms with Gasteiger partial charge < -0.3 is 15.0 Å². The summed E-state index contributed by atoms with van der Waals surface area (Å²) in [6.07, 6.45) is 1.95. The number of rotatable bonds is 8. The predicted octanol–water partition coefficient (Wildman–Crippen LogP) is 2.10. The molecule has 0 unspecified atom stereocenters. The Morgan fingerprint density at radius 2 is 1.84 bits per heavy atom. The molecule has 1 fully saturated rings. The van der Waals surface area contributed by atoms with Crippen molar-refractivity contribution < 1.29 is 17.9 Å². The van der Waals surface area contributed by atoms with Crippen molar-refractivity contribution in [2.24, 2.45) is 0 Å². The highest BCUT2D eigenvalue weighted by molar-refractivity contribution is 7.89. The van der Waals surface area contributed by atoms with Gasteiger partial charge in [0.1, 0.15) is 16.7 Å². The molecule has 0 radical (unpaired) electrons. The molecule has 0 aromatic heterocycles. The van der Waals surface area contributed by atoms with Crippen LogP contribution in [0.2, 0.25) is 0 Å². The van der Waals surface area contributed by atoms with E-state index in [2.05, 4.69) is 22.0 Å². The zero-order valence-corrected chi connectivity index (χ0v) is 19.1. The van der Waals surface area contributed by atoms with Gasteiger partial charge in [-0.15, -0.1) is 0 Å². The van der Waals surface area contributed by atoms with Crippen LogP contribution in [0, 0.1) is 6.92 Å². The van der Waals surface area contributed by atoms with Gasteiger partial charge in [-0.1, -0.05) is 36.4 Å². The normalized spacial score (nSPS) is 16.6. The van der Waals surface area contributed by atoms with Crippen LogP contribution in [0.1, 0.15) is 24.0 Å². The smallest absolute Gasteiger partial charge is 0.244 e. The van der Waals surface area contributed by atoms with Gasteiger partial charge in [0.25, 0.3) is 0 Å². The van der Waals surface area contributed by atoms with E-state index in [-0.39, 0.29) is 29.0 Å². The summed E-state index contributed by atoms with van der Waals surface area (Å²) in [6, 6.07) is 13.5. The molecule has 1 heterocycles. The Balaban J connectivity index is 1.83. The fourth-order valence-corrected chi connectivity index (χ4v) is 5.19. The number of carbonyl (C=O) groups is 1. The van der Waals surface area contributed by atoms with Gasteiger partial charge in [-0.25, -0.2) is 8.42 Å². The summed E-state index contributed by atoms with van der Waals surface area (Å²) >= 11 is 0. The van der Waals surface area contributed by atoms with Crippen molar-refractivity contribution in [2.75, 3.05) is 27.2 Å². The summed E-state index contributed by atoms with van der Waals surface area (Å²) in [5.74, 6) is -0.0686. The molecule has 0 spiro atoms. The lowest BCUT2D eigenvalue weighted by Crippen LogP contribution is -2.52. The lowest BCUT2D eigenvalue weighted by molar-refractivity contribution is -0.123. The van der Waals surface area contributed by atoms with E-state index >= 15 is 0 Å². The van der Waals surface area contributed by atoms with Crippen LogP contribution >= 0.6 is 0 Å². The topological polar surface area (TPSA) is 87.7 Å². The quantitative estimate of drug-likeness (QED) is 0.650. The fraction of sp³-hybridized carbons (Fsp3) is 0.435. The van der Waals surface area contributed by atoms with E-state index in [1.165, 1.54) is 7.11 Å². The molecule has 1 atom stereocenters. The first-order valence-electron chi connectivity index (χ1n) is 10.5. The molecule has 0 bridgehead atoms. The molecule has 1 amide bonds. The third-order valence-electron chi connectivity index (χ3n) is 5.57. The third-order valence-corrected chi connectivity index (χ3v) is 7.06. The number of methoxy groups -OCH3 is 1. The number of carbonyl (C=O) groups excluding carboxylic acids is 1. The highest BCUT2D eigenvalue weighted by Crippen LogP contribution is 2.25. The van der Waals surface area contributed by atoms with Gasteiger partial charge >= 0.3 is 0 Å². The monoisotopic (exact) mass is 445 g/mol. The van der Waals surface area contributed by atoms with Gasteiger partial charge in [0.15, 0.2) is 0 Å². The Labute approximate surface area is 184 Å². The van der Waals surface area contributed by atoms with Gasteiger partial charge in [0.05, 0.1) is 7.11 Å². The number of hydrogen-bond acceptors (Lipinski definition) is 5. The molecule has 3 rings (SSSR count). The van der Waals surface area contributed by atoms with Crippen molar-refractivity contribution in [3.63, 3.8) is 0 Å². The predicted molar refractivity (Wildman–Crippen MR) is 121 cm³/mol. The van der Waals surface area contributed by atoms with E-state index in [0.29, 0.717) is 0 Å². The molecule has 7 nitrogen and oxygen atoms in total. The summed E-state index contributed by atoms with van der Waals surface area (Å²) in [5.41, 5.74) is 1.67. The Morgan fingerprint density at radius 1 is 1.16 bits per heavy atom.